The van der Waals surface area contributed by atoms with E-state index in [1.807, 2.05) is 0 Å². The minimum Gasteiger partial charge on any atom is -0.382 e. The highest BCUT2D eigenvalue weighted by molar-refractivity contribution is 6.11. The molecule has 164 valence electrons. The maximum Gasteiger partial charge on any atom is 0.198 e. The molecule has 0 amide bonds. The first kappa shape index (κ1) is 26.0. The Balaban J connectivity index is 2.49. The van der Waals surface area contributed by atoms with Crippen LogP contribution in [0, 0.1) is 11.8 Å². The second-order valence-electron chi connectivity index (χ2n) is 8.81. The van der Waals surface area contributed by atoms with E-state index in [4.69, 9.17) is 17.3 Å². The molecule has 1 saturated heterocycles. The van der Waals surface area contributed by atoms with Crippen molar-refractivity contribution < 1.29 is 13.9 Å². The molecular formula is C24H46BFO2. The van der Waals surface area contributed by atoms with Crippen molar-refractivity contribution in [3.05, 3.63) is 0 Å². The number of ether oxygens (including phenoxy) is 2. The van der Waals surface area contributed by atoms with Crippen molar-refractivity contribution in [2.45, 2.75) is 136 Å². The van der Waals surface area contributed by atoms with E-state index in [2.05, 4.69) is 20.8 Å². The Hall–Kier alpha value is -0.0851. The Morgan fingerprint density at radius 3 is 2.00 bits per heavy atom. The largest absolute Gasteiger partial charge is 0.382 e. The number of rotatable bonds is 18. The fraction of sp³-hybridized carbons (Fsp3) is 1.00. The van der Waals surface area contributed by atoms with Crippen molar-refractivity contribution in [2.75, 3.05) is 6.61 Å². The third-order valence-corrected chi connectivity index (χ3v) is 6.27. The molecule has 1 aliphatic heterocycles. The molecule has 5 atom stereocenters. The summed E-state index contributed by atoms with van der Waals surface area (Å²) in [5.41, 5.74) is 0. The molecule has 4 heteroatoms. The van der Waals surface area contributed by atoms with Crippen molar-refractivity contribution in [2.24, 2.45) is 11.8 Å². The monoisotopic (exact) mass is 396 g/mol. The Morgan fingerprint density at radius 1 is 0.857 bits per heavy atom. The lowest BCUT2D eigenvalue weighted by Gasteiger charge is -2.28. The lowest BCUT2D eigenvalue weighted by Crippen LogP contribution is -2.30. The molecule has 0 aromatic heterocycles. The summed E-state index contributed by atoms with van der Waals surface area (Å²) in [6, 6.07) is -0.217. The highest BCUT2D eigenvalue weighted by atomic mass is 19.1. The average molecular weight is 396 g/mol. The zero-order chi connectivity index (χ0) is 20.6. The Bertz CT molecular complexity index is 355. The van der Waals surface area contributed by atoms with E-state index in [9.17, 15) is 4.39 Å². The second-order valence-corrected chi connectivity index (χ2v) is 8.81. The Labute approximate surface area is 176 Å². The van der Waals surface area contributed by atoms with Gasteiger partial charge in [0.2, 0.25) is 0 Å². The molecular weight excluding hydrogens is 350 g/mol. The van der Waals surface area contributed by atoms with Gasteiger partial charge in [-0.15, -0.1) is 0 Å². The first-order chi connectivity index (χ1) is 13.6. The molecule has 0 aliphatic carbocycles. The van der Waals surface area contributed by atoms with Crippen LogP contribution in [0.25, 0.3) is 0 Å². The number of alkyl halides is 1. The molecule has 0 aromatic rings. The fourth-order valence-corrected chi connectivity index (χ4v) is 4.54. The van der Waals surface area contributed by atoms with Gasteiger partial charge in [-0.25, -0.2) is 4.39 Å². The lowest BCUT2D eigenvalue weighted by atomic mass is 9.77. The molecule has 0 N–H and O–H groups in total. The number of halogens is 1. The summed E-state index contributed by atoms with van der Waals surface area (Å²) in [5.74, 6) is 1.05. The minimum absolute atomic E-state index is 0.0401. The highest BCUT2D eigenvalue weighted by Crippen LogP contribution is 2.37. The summed E-state index contributed by atoms with van der Waals surface area (Å²) in [4.78, 5) is 0. The molecule has 2 nitrogen and oxygen atoms in total. The number of hydrogen-bond donors (Lipinski definition) is 0. The smallest absolute Gasteiger partial charge is 0.198 e. The van der Waals surface area contributed by atoms with E-state index in [0.29, 0.717) is 24.9 Å². The first-order valence-corrected chi connectivity index (χ1v) is 12.3. The van der Waals surface area contributed by atoms with Gasteiger partial charge in [0.1, 0.15) is 7.85 Å². The Kier molecular flexibility index (Phi) is 15.5. The third kappa shape index (κ3) is 11.2. The normalized spacial score (nSPS) is 24.5. The van der Waals surface area contributed by atoms with Crippen molar-refractivity contribution >= 4 is 7.85 Å². The molecule has 0 bridgehead atoms. The molecule has 28 heavy (non-hydrogen) atoms. The van der Waals surface area contributed by atoms with Gasteiger partial charge < -0.3 is 9.47 Å². The summed E-state index contributed by atoms with van der Waals surface area (Å²) in [5, 5.41) is 0. The molecule has 1 rings (SSSR count). The van der Waals surface area contributed by atoms with Crippen molar-refractivity contribution in [3.8, 4) is 0 Å². The van der Waals surface area contributed by atoms with Crippen molar-refractivity contribution in [1.29, 1.82) is 0 Å². The molecule has 1 heterocycles. The van der Waals surface area contributed by atoms with Crippen molar-refractivity contribution in [1.82, 2.24) is 0 Å². The zero-order valence-corrected chi connectivity index (χ0v) is 19.0. The maximum absolute atomic E-state index is 14.1. The average Bonchev–Trinajstić information content (AvgIpc) is 3.06. The molecule has 3 unspecified atom stereocenters. The summed E-state index contributed by atoms with van der Waals surface area (Å²) in [6.45, 7) is 7.03. The quantitative estimate of drug-likeness (QED) is 0.178. The highest BCUT2D eigenvalue weighted by Gasteiger charge is 2.37. The molecule has 1 aliphatic rings. The van der Waals surface area contributed by atoms with E-state index in [-0.39, 0.29) is 12.1 Å². The summed E-state index contributed by atoms with van der Waals surface area (Å²) in [6.07, 6.45) is 16.0. The van der Waals surface area contributed by atoms with Gasteiger partial charge in [0.15, 0.2) is 6.36 Å². The fourth-order valence-electron chi connectivity index (χ4n) is 4.54. The van der Waals surface area contributed by atoms with Crippen LogP contribution in [0.5, 0.6) is 0 Å². The third-order valence-electron chi connectivity index (χ3n) is 6.27. The second kappa shape index (κ2) is 16.7. The molecule has 1 fully saturated rings. The lowest BCUT2D eigenvalue weighted by molar-refractivity contribution is -0.0950. The number of unbranched alkanes of at least 4 members (excludes halogenated alkanes) is 8. The van der Waals surface area contributed by atoms with Gasteiger partial charge in [0, 0.05) is 12.4 Å². The summed E-state index contributed by atoms with van der Waals surface area (Å²) < 4.78 is 25.7. The van der Waals surface area contributed by atoms with Crippen LogP contribution < -0.4 is 0 Å². The molecule has 0 spiro atoms. The first-order valence-electron chi connectivity index (χ1n) is 12.3. The van der Waals surface area contributed by atoms with Crippen molar-refractivity contribution in [3.63, 3.8) is 0 Å². The topological polar surface area (TPSA) is 18.5 Å². The van der Waals surface area contributed by atoms with E-state index in [1.54, 1.807) is 0 Å². The SMILES string of the molecule is [B][C@H]1C[C@@H](C(CCCCC)CCCCCC)C(COC(F)CCCCCC)O1. The van der Waals surface area contributed by atoms with E-state index in [1.165, 1.54) is 70.6 Å². The standard InChI is InChI=1S/C24H46BFO2/c1-4-7-10-13-16-20(15-12-9-6-3)21-18-23(25)28-22(21)19-27-24(26)17-14-11-8-5-2/h20-24H,4-19H2,1-3H3/t20?,21-,22?,23+,24?/m0/s1. The predicted octanol–water partition coefficient (Wildman–Crippen LogP) is 7.34. The van der Waals surface area contributed by atoms with E-state index < -0.39 is 6.36 Å². The predicted molar refractivity (Wildman–Crippen MR) is 119 cm³/mol. The maximum atomic E-state index is 14.1. The summed E-state index contributed by atoms with van der Waals surface area (Å²) >= 11 is 0. The van der Waals surface area contributed by atoms with Gasteiger partial charge in [-0.1, -0.05) is 97.8 Å². The molecule has 0 saturated carbocycles. The van der Waals surface area contributed by atoms with Crippen LogP contribution >= 0.6 is 0 Å². The van der Waals surface area contributed by atoms with Crippen LogP contribution in [0.15, 0.2) is 0 Å². The number of hydrogen-bond acceptors (Lipinski definition) is 2. The zero-order valence-electron chi connectivity index (χ0n) is 19.0. The summed E-state index contributed by atoms with van der Waals surface area (Å²) in [7, 11) is 6.13. The van der Waals surface area contributed by atoms with Gasteiger partial charge >= 0.3 is 0 Å². The van der Waals surface area contributed by atoms with Crippen LogP contribution in [0.4, 0.5) is 4.39 Å². The van der Waals surface area contributed by atoms with Crippen LogP contribution in [0.3, 0.4) is 0 Å². The van der Waals surface area contributed by atoms with Crippen LogP contribution in [-0.4, -0.2) is 32.9 Å². The minimum atomic E-state index is -1.17. The molecule has 2 radical (unpaired) electrons. The van der Waals surface area contributed by atoms with Gasteiger partial charge in [0.05, 0.1) is 12.7 Å². The molecule has 0 aromatic carbocycles. The van der Waals surface area contributed by atoms with Gasteiger partial charge in [-0.3, -0.25) is 0 Å². The van der Waals surface area contributed by atoms with Crippen LogP contribution in [-0.2, 0) is 9.47 Å². The van der Waals surface area contributed by atoms with Gasteiger partial charge in [-0.05, 0) is 24.7 Å². The van der Waals surface area contributed by atoms with E-state index >= 15 is 0 Å². The van der Waals surface area contributed by atoms with Crippen LogP contribution in [0.2, 0.25) is 0 Å². The van der Waals surface area contributed by atoms with Gasteiger partial charge in [-0.2, -0.15) is 0 Å². The Morgan fingerprint density at radius 2 is 1.39 bits per heavy atom. The van der Waals surface area contributed by atoms with Crippen LogP contribution in [0.1, 0.15) is 117 Å². The van der Waals surface area contributed by atoms with Gasteiger partial charge in [0.25, 0.3) is 0 Å². The van der Waals surface area contributed by atoms with E-state index in [0.717, 1.165) is 19.3 Å².